The highest BCUT2D eigenvalue weighted by Crippen LogP contribution is 2.50. The number of esters is 1. The third-order valence-electron chi connectivity index (χ3n) is 3.34. The molecule has 0 aromatic carbocycles. The van der Waals surface area contributed by atoms with Crippen LogP contribution in [-0.2, 0) is 9.53 Å². The molecule has 0 N–H and O–H groups in total. The van der Waals surface area contributed by atoms with Gasteiger partial charge in [0, 0.05) is 12.2 Å². The third-order valence-corrected chi connectivity index (χ3v) is 4.54. The van der Waals surface area contributed by atoms with Crippen molar-refractivity contribution < 1.29 is 9.53 Å². The van der Waals surface area contributed by atoms with Crippen LogP contribution in [0.25, 0.3) is 0 Å². The average Bonchev–Trinajstić information content (AvgIpc) is 2.62. The van der Waals surface area contributed by atoms with Crippen LogP contribution in [0.5, 0.6) is 0 Å². The Morgan fingerprint density at radius 1 is 1.38 bits per heavy atom. The Morgan fingerprint density at radius 2 is 2.08 bits per heavy atom. The molecule has 0 aromatic rings. The van der Waals surface area contributed by atoms with E-state index in [0.717, 1.165) is 5.92 Å². The van der Waals surface area contributed by atoms with Gasteiger partial charge in [-0.1, -0.05) is 0 Å². The quantitative estimate of drug-likeness (QED) is 0.638. The zero-order valence-corrected chi connectivity index (χ0v) is 8.97. The molecule has 2 bridgehead atoms. The first-order chi connectivity index (χ1) is 6.22. The first-order valence-electron chi connectivity index (χ1n) is 4.92. The van der Waals surface area contributed by atoms with Crippen LogP contribution >= 0.6 is 11.8 Å². The van der Waals surface area contributed by atoms with Gasteiger partial charge in [-0.3, -0.25) is 4.79 Å². The SMILES string of the molecule is CSC1C2CCC(C2)C1OC(C)=O. The topological polar surface area (TPSA) is 26.3 Å². The highest BCUT2D eigenvalue weighted by Gasteiger charge is 2.48. The van der Waals surface area contributed by atoms with Crippen LogP contribution in [0.3, 0.4) is 0 Å². The van der Waals surface area contributed by atoms with Gasteiger partial charge in [-0.15, -0.1) is 0 Å². The fourth-order valence-electron chi connectivity index (χ4n) is 2.87. The van der Waals surface area contributed by atoms with Crippen molar-refractivity contribution in [1.82, 2.24) is 0 Å². The molecule has 0 aromatic heterocycles. The molecule has 0 amide bonds. The maximum atomic E-state index is 10.9. The molecule has 0 radical (unpaired) electrons. The molecule has 3 heteroatoms. The van der Waals surface area contributed by atoms with Gasteiger partial charge in [-0.25, -0.2) is 0 Å². The summed E-state index contributed by atoms with van der Waals surface area (Å²) in [6, 6.07) is 0. The first-order valence-corrected chi connectivity index (χ1v) is 6.21. The molecule has 0 saturated heterocycles. The second-order valence-electron chi connectivity index (χ2n) is 4.11. The predicted octanol–water partition coefficient (Wildman–Crippen LogP) is 2.08. The van der Waals surface area contributed by atoms with E-state index in [9.17, 15) is 4.79 Å². The van der Waals surface area contributed by atoms with E-state index in [1.54, 1.807) is 0 Å². The molecule has 74 valence electrons. The van der Waals surface area contributed by atoms with Gasteiger partial charge in [0.15, 0.2) is 0 Å². The number of ether oxygens (including phenoxy) is 1. The predicted molar refractivity (Wildman–Crippen MR) is 53.7 cm³/mol. The number of fused-ring (bicyclic) bond motifs is 2. The molecule has 13 heavy (non-hydrogen) atoms. The van der Waals surface area contributed by atoms with E-state index >= 15 is 0 Å². The van der Waals surface area contributed by atoms with Crippen molar-refractivity contribution >= 4 is 17.7 Å². The highest BCUT2D eigenvalue weighted by atomic mass is 32.2. The summed E-state index contributed by atoms with van der Waals surface area (Å²) in [6.07, 6.45) is 6.23. The van der Waals surface area contributed by atoms with E-state index < -0.39 is 0 Å². The molecule has 2 aliphatic rings. The lowest BCUT2D eigenvalue weighted by Gasteiger charge is -2.28. The Labute approximate surface area is 83.4 Å². The lowest BCUT2D eigenvalue weighted by atomic mass is 9.97. The Kier molecular flexibility index (Phi) is 2.54. The van der Waals surface area contributed by atoms with Gasteiger partial charge in [0.25, 0.3) is 0 Å². The zero-order chi connectivity index (χ0) is 9.42. The molecule has 2 rings (SSSR count). The molecular weight excluding hydrogens is 184 g/mol. The third kappa shape index (κ3) is 1.58. The molecule has 0 spiro atoms. The summed E-state index contributed by atoms with van der Waals surface area (Å²) in [5, 5.41) is 0.572. The van der Waals surface area contributed by atoms with E-state index in [1.807, 2.05) is 11.8 Å². The standard InChI is InChI=1S/C10H16O2S/c1-6(11)12-9-7-3-4-8(5-7)10(9)13-2/h7-10H,3-5H2,1-2H3. The number of carbonyl (C=O) groups is 1. The summed E-state index contributed by atoms with van der Waals surface area (Å²) in [5.74, 6) is 1.35. The zero-order valence-electron chi connectivity index (χ0n) is 8.16. The van der Waals surface area contributed by atoms with E-state index in [4.69, 9.17) is 4.74 Å². The average molecular weight is 200 g/mol. The molecule has 2 fully saturated rings. The summed E-state index contributed by atoms with van der Waals surface area (Å²) >= 11 is 1.87. The van der Waals surface area contributed by atoms with Crippen molar-refractivity contribution in [1.29, 1.82) is 0 Å². The minimum absolute atomic E-state index is 0.114. The number of hydrogen-bond donors (Lipinski definition) is 0. The minimum Gasteiger partial charge on any atom is -0.461 e. The number of hydrogen-bond acceptors (Lipinski definition) is 3. The van der Waals surface area contributed by atoms with Crippen LogP contribution in [0.4, 0.5) is 0 Å². The van der Waals surface area contributed by atoms with Crippen molar-refractivity contribution in [3.05, 3.63) is 0 Å². The number of thioether (sulfide) groups is 1. The first kappa shape index (κ1) is 9.38. The lowest BCUT2D eigenvalue weighted by Crippen LogP contribution is -2.33. The summed E-state index contributed by atoms with van der Waals surface area (Å²) in [6.45, 7) is 1.52. The molecule has 0 aliphatic heterocycles. The van der Waals surface area contributed by atoms with Gasteiger partial charge in [0.2, 0.25) is 0 Å². The fraction of sp³-hybridized carbons (Fsp3) is 0.900. The molecule has 4 unspecified atom stereocenters. The van der Waals surface area contributed by atoms with Crippen molar-refractivity contribution in [2.24, 2.45) is 11.8 Å². The van der Waals surface area contributed by atoms with Crippen LogP contribution in [0, 0.1) is 11.8 Å². The van der Waals surface area contributed by atoms with Crippen molar-refractivity contribution in [3.63, 3.8) is 0 Å². The highest BCUT2D eigenvalue weighted by molar-refractivity contribution is 7.99. The fourth-order valence-corrected chi connectivity index (χ4v) is 4.05. The van der Waals surface area contributed by atoms with Crippen LogP contribution in [0.15, 0.2) is 0 Å². The number of rotatable bonds is 2. The van der Waals surface area contributed by atoms with Gasteiger partial charge in [-0.05, 0) is 37.4 Å². The summed E-state index contributed by atoms with van der Waals surface area (Å²) < 4.78 is 5.39. The van der Waals surface area contributed by atoms with Gasteiger partial charge in [0.05, 0.1) is 0 Å². The van der Waals surface area contributed by atoms with Gasteiger partial charge in [0.1, 0.15) is 6.10 Å². The minimum atomic E-state index is -0.114. The molecule has 0 heterocycles. The molecule has 2 aliphatic carbocycles. The van der Waals surface area contributed by atoms with Gasteiger partial charge in [-0.2, -0.15) is 11.8 Å². The van der Waals surface area contributed by atoms with Crippen molar-refractivity contribution in [3.8, 4) is 0 Å². The maximum absolute atomic E-state index is 10.9. The molecule has 4 atom stereocenters. The Bertz CT molecular complexity index is 217. The summed E-state index contributed by atoms with van der Waals surface area (Å²) in [5.41, 5.74) is 0. The van der Waals surface area contributed by atoms with E-state index in [0.29, 0.717) is 11.2 Å². The Hall–Kier alpha value is -0.180. The largest absolute Gasteiger partial charge is 0.461 e. The summed E-state index contributed by atoms with van der Waals surface area (Å²) in [7, 11) is 0. The van der Waals surface area contributed by atoms with E-state index in [-0.39, 0.29) is 12.1 Å². The summed E-state index contributed by atoms with van der Waals surface area (Å²) in [4.78, 5) is 10.9. The second kappa shape index (κ2) is 3.52. The van der Waals surface area contributed by atoms with Gasteiger partial charge < -0.3 is 4.74 Å². The smallest absolute Gasteiger partial charge is 0.302 e. The normalized spacial score (nSPS) is 42.3. The van der Waals surface area contributed by atoms with Crippen molar-refractivity contribution in [2.45, 2.75) is 37.5 Å². The van der Waals surface area contributed by atoms with Crippen LogP contribution in [0.2, 0.25) is 0 Å². The van der Waals surface area contributed by atoms with E-state index in [1.165, 1.54) is 26.2 Å². The van der Waals surface area contributed by atoms with Crippen LogP contribution in [-0.4, -0.2) is 23.6 Å². The second-order valence-corrected chi connectivity index (χ2v) is 5.12. The Morgan fingerprint density at radius 3 is 2.69 bits per heavy atom. The van der Waals surface area contributed by atoms with E-state index in [2.05, 4.69) is 6.26 Å². The molecule has 2 nitrogen and oxygen atoms in total. The lowest BCUT2D eigenvalue weighted by molar-refractivity contribution is -0.148. The number of carbonyl (C=O) groups excluding carboxylic acids is 1. The molecule has 2 saturated carbocycles. The van der Waals surface area contributed by atoms with Crippen LogP contribution in [0.1, 0.15) is 26.2 Å². The molecular formula is C10H16O2S. The van der Waals surface area contributed by atoms with Crippen molar-refractivity contribution in [2.75, 3.05) is 6.26 Å². The van der Waals surface area contributed by atoms with Gasteiger partial charge >= 0.3 is 5.97 Å². The monoisotopic (exact) mass is 200 g/mol. The van der Waals surface area contributed by atoms with Crippen LogP contribution < -0.4 is 0 Å². The Balaban J connectivity index is 2.04. The maximum Gasteiger partial charge on any atom is 0.302 e.